The summed E-state index contributed by atoms with van der Waals surface area (Å²) in [7, 11) is 0. The van der Waals surface area contributed by atoms with E-state index >= 15 is 0 Å². The van der Waals surface area contributed by atoms with Gasteiger partial charge in [0, 0.05) is 12.3 Å². The number of aliphatic hydroxyl groups is 1. The molecule has 0 aliphatic carbocycles. The summed E-state index contributed by atoms with van der Waals surface area (Å²) < 4.78 is 5.59. The van der Waals surface area contributed by atoms with Crippen LogP contribution in [0.3, 0.4) is 0 Å². The number of nitrogens with one attached hydrogen (secondary N) is 2. The lowest BCUT2D eigenvalue weighted by Gasteiger charge is -2.19. The maximum Gasteiger partial charge on any atom is 0.319 e. The molecule has 0 heterocycles. The van der Waals surface area contributed by atoms with Crippen LogP contribution in [0.2, 0.25) is 0 Å². The van der Waals surface area contributed by atoms with Crippen LogP contribution in [0, 0.1) is 0 Å². The first-order chi connectivity index (χ1) is 12.1. The Morgan fingerprint density at radius 1 is 1.12 bits per heavy atom. The molecule has 0 radical (unpaired) electrons. The monoisotopic (exact) mass is 342 g/mol. The average Bonchev–Trinajstić information content (AvgIpc) is 2.60. The van der Waals surface area contributed by atoms with Gasteiger partial charge in [0.25, 0.3) is 0 Å². The second kappa shape index (κ2) is 9.81. The molecule has 0 saturated heterocycles. The molecule has 5 nitrogen and oxygen atoms in total. The van der Waals surface area contributed by atoms with Gasteiger partial charge in [-0.05, 0) is 43.5 Å². The van der Waals surface area contributed by atoms with E-state index in [0.29, 0.717) is 18.7 Å². The number of carbonyl (C=O) groups is 1. The largest absolute Gasteiger partial charge is 0.396 e. The maximum atomic E-state index is 12.3. The van der Waals surface area contributed by atoms with Crippen molar-refractivity contribution in [1.29, 1.82) is 0 Å². The first-order valence-electron chi connectivity index (χ1n) is 8.52. The minimum Gasteiger partial charge on any atom is -0.396 e. The second-order valence-corrected chi connectivity index (χ2v) is 6.13. The first-order valence-corrected chi connectivity index (χ1v) is 8.52. The van der Waals surface area contributed by atoms with Crippen LogP contribution < -0.4 is 10.6 Å². The third-order valence-electron chi connectivity index (χ3n) is 3.69. The van der Waals surface area contributed by atoms with E-state index in [1.165, 1.54) is 0 Å². The minimum atomic E-state index is -0.302. The van der Waals surface area contributed by atoms with Crippen molar-refractivity contribution in [2.45, 2.75) is 39.0 Å². The Bertz CT molecular complexity index is 659. The van der Waals surface area contributed by atoms with Gasteiger partial charge >= 0.3 is 6.03 Å². The molecule has 0 spiro atoms. The fourth-order valence-electron chi connectivity index (χ4n) is 2.46. The number of hydrogen-bond acceptors (Lipinski definition) is 3. The Labute approximate surface area is 149 Å². The number of amides is 2. The lowest BCUT2D eigenvalue weighted by atomic mass is 10.0. The molecule has 0 saturated carbocycles. The normalized spacial score (nSPS) is 12.0. The molecule has 0 unspecified atom stereocenters. The van der Waals surface area contributed by atoms with Crippen LogP contribution in [0.4, 0.5) is 10.5 Å². The van der Waals surface area contributed by atoms with Gasteiger partial charge in [-0.25, -0.2) is 4.79 Å². The molecule has 1 atom stereocenters. The molecule has 0 aliphatic heterocycles. The summed E-state index contributed by atoms with van der Waals surface area (Å²) >= 11 is 0. The first kappa shape index (κ1) is 19.0. The number of benzene rings is 2. The summed E-state index contributed by atoms with van der Waals surface area (Å²) in [6, 6.07) is 16.7. The zero-order valence-corrected chi connectivity index (χ0v) is 14.7. The van der Waals surface area contributed by atoms with E-state index < -0.39 is 0 Å². The molecule has 0 aliphatic rings. The van der Waals surface area contributed by atoms with Crippen molar-refractivity contribution >= 4 is 11.7 Å². The van der Waals surface area contributed by atoms with Crippen LogP contribution in [-0.4, -0.2) is 23.8 Å². The standard InChI is InChI=1S/C20H26N2O3/c1-15(2)25-14-16-7-6-10-18(13-16)21-20(24)22-19(11-12-23)17-8-4-3-5-9-17/h3-10,13,15,19,23H,11-12,14H2,1-2H3,(H2,21,22,24)/t19-/m1/s1. The highest BCUT2D eigenvalue weighted by Gasteiger charge is 2.14. The minimum absolute atomic E-state index is 0.00185. The van der Waals surface area contributed by atoms with Crippen molar-refractivity contribution in [3.63, 3.8) is 0 Å². The molecule has 3 N–H and O–H groups in total. The molecular weight excluding hydrogens is 316 g/mol. The second-order valence-electron chi connectivity index (χ2n) is 6.13. The Balaban J connectivity index is 1.97. The SMILES string of the molecule is CC(C)OCc1cccc(NC(=O)N[C@H](CCO)c2ccccc2)c1. The molecule has 134 valence electrons. The van der Waals surface area contributed by atoms with Gasteiger partial charge in [0.2, 0.25) is 0 Å². The predicted molar refractivity (Wildman–Crippen MR) is 99.4 cm³/mol. The third kappa shape index (κ3) is 6.57. The summed E-state index contributed by atoms with van der Waals surface area (Å²) in [5.74, 6) is 0. The quantitative estimate of drug-likeness (QED) is 0.682. The molecule has 2 aromatic rings. The van der Waals surface area contributed by atoms with Crippen molar-refractivity contribution in [2.75, 3.05) is 11.9 Å². The molecule has 5 heteroatoms. The number of rotatable bonds is 8. The van der Waals surface area contributed by atoms with E-state index in [2.05, 4.69) is 10.6 Å². The summed E-state index contributed by atoms with van der Waals surface area (Å²) in [5, 5.41) is 15.0. The molecular formula is C20H26N2O3. The molecule has 2 rings (SSSR count). The average molecular weight is 342 g/mol. The smallest absolute Gasteiger partial charge is 0.319 e. The summed E-state index contributed by atoms with van der Waals surface area (Å²) in [6.45, 7) is 4.48. The van der Waals surface area contributed by atoms with Gasteiger partial charge in [0.05, 0.1) is 18.8 Å². The van der Waals surface area contributed by atoms with Gasteiger partial charge in [0.15, 0.2) is 0 Å². The molecule has 2 amide bonds. The topological polar surface area (TPSA) is 70.6 Å². The Kier molecular flexibility index (Phi) is 7.44. The van der Waals surface area contributed by atoms with Gasteiger partial charge in [-0.3, -0.25) is 0 Å². The summed E-state index contributed by atoms with van der Waals surface area (Å²) in [6.07, 6.45) is 0.615. The Morgan fingerprint density at radius 3 is 2.56 bits per heavy atom. The van der Waals surface area contributed by atoms with Crippen LogP contribution in [0.15, 0.2) is 54.6 Å². The van der Waals surface area contributed by atoms with Crippen LogP contribution in [0.25, 0.3) is 0 Å². The third-order valence-corrected chi connectivity index (χ3v) is 3.69. The number of aliphatic hydroxyl groups excluding tert-OH is 1. The van der Waals surface area contributed by atoms with Crippen molar-refractivity contribution in [1.82, 2.24) is 5.32 Å². The summed E-state index contributed by atoms with van der Waals surface area (Å²) in [4.78, 5) is 12.3. The van der Waals surface area contributed by atoms with Gasteiger partial charge in [-0.15, -0.1) is 0 Å². The van der Waals surface area contributed by atoms with Gasteiger partial charge in [-0.1, -0.05) is 42.5 Å². The van der Waals surface area contributed by atoms with Crippen LogP contribution in [-0.2, 0) is 11.3 Å². The van der Waals surface area contributed by atoms with E-state index in [0.717, 1.165) is 11.1 Å². The van der Waals surface area contributed by atoms with Crippen molar-refractivity contribution in [3.05, 3.63) is 65.7 Å². The fraction of sp³-hybridized carbons (Fsp3) is 0.350. The molecule has 25 heavy (non-hydrogen) atoms. The lowest BCUT2D eigenvalue weighted by molar-refractivity contribution is 0.0657. The Morgan fingerprint density at radius 2 is 1.88 bits per heavy atom. The van der Waals surface area contributed by atoms with E-state index in [-0.39, 0.29) is 24.8 Å². The molecule has 2 aromatic carbocycles. The lowest BCUT2D eigenvalue weighted by Crippen LogP contribution is -2.33. The predicted octanol–water partition coefficient (Wildman–Crippen LogP) is 3.86. The molecule has 0 fully saturated rings. The zero-order chi connectivity index (χ0) is 18.1. The van der Waals surface area contributed by atoms with E-state index in [4.69, 9.17) is 4.74 Å². The van der Waals surface area contributed by atoms with Gasteiger partial charge in [-0.2, -0.15) is 0 Å². The van der Waals surface area contributed by atoms with Crippen LogP contribution in [0.5, 0.6) is 0 Å². The molecule has 0 aromatic heterocycles. The van der Waals surface area contributed by atoms with Crippen LogP contribution in [0.1, 0.15) is 37.4 Å². The van der Waals surface area contributed by atoms with Crippen molar-refractivity contribution in [3.8, 4) is 0 Å². The van der Waals surface area contributed by atoms with Crippen molar-refractivity contribution < 1.29 is 14.6 Å². The van der Waals surface area contributed by atoms with E-state index in [1.807, 2.05) is 68.4 Å². The highest BCUT2D eigenvalue weighted by atomic mass is 16.5. The molecule has 0 bridgehead atoms. The highest BCUT2D eigenvalue weighted by Crippen LogP contribution is 2.17. The maximum absolute atomic E-state index is 12.3. The number of hydrogen-bond donors (Lipinski definition) is 3. The fourth-order valence-corrected chi connectivity index (χ4v) is 2.46. The number of urea groups is 1. The zero-order valence-electron chi connectivity index (χ0n) is 14.7. The Hall–Kier alpha value is -2.37. The van der Waals surface area contributed by atoms with Gasteiger partial charge in [0.1, 0.15) is 0 Å². The van der Waals surface area contributed by atoms with E-state index in [1.54, 1.807) is 0 Å². The number of ether oxygens (including phenoxy) is 1. The summed E-state index contributed by atoms with van der Waals surface area (Å²) in [5.41, 5.74) is 2.67. The number of anilines is 1. The van der Waals surface area contributed by atoms with Gasteiger partial charge < -0.3 is 20.5 Å². The van der Waals surface area contributed by atoms with E-state index in [9.17, 15) is 9.90 Å². The highest BCUT2D eigenvalue weighted by molar-refractivity contribution is 5.89. The number of carbonyl (C=O) groups excluding carboxylic acids is 1. The van der Waals surface area contributed by atoms with Crippen molar-refractivity contribution in [2.24, 2.45) is 0 Å². The van der Waals surface area contributed by atoms with Crippen LogP contribution >= 0.6 is 0 Å².